The highest BCUT2D eigenvalue weighted by Crippen LogP contribution is 2.22. The van der Waals surface area contributed by atoms with Crippen LogP contribution in [0.4, 0.5) is 0 Å². The molecule has 0 saturated carbocycles. The van der Waals surface area contributed by atoms with E-state index in [9.17, 15) is 9.59 Å². The highest BCUT2D eigenvalue weighted by molar-refractivity contribution is 5.86. The second-order valence-corrected chi connectivity index (χ2v) is 4.76. The molecule has 0 aliphatic carbocycles. The molecular formula is C15H18N4O4. The quantitative estimate of drug-likeness (QED) is 0.538. The van der Waals surface area contributed by atoms with Crippen LogP contribution < -0.4 is 20.5 Å². The van der Waals surface area contributed by atoms with Crippen molar-refractivity contribution in [2.75, 3.05) is 14.2 Å². The van der Waals surface area contributed by atoms with Crippen LogP contribution in [0.3, 0.4) is 0 Å². The first-order valence-corrected chi connectivity index (χ1v) is 6.85. The summed E-state index contributed by atoms with van der Waals surface area (Å²) in [5, 5.41) is 8.97. The number of ether oxygens (including phenoxy) is 2. The number of aromatic nitrogens is 2. The molecule has 0 atom stereocenters. The van der Waals surface area contributed by atoms with Gasteiger partial charge in [0.25, 0.3) is 5.56 Å². The number of hydrogen-bond acceptors (Lipinski definition) is 5. The number of nitrogens with zero attached hydrogens (tertiary/aromatic N) is 1. The number of nitrogens with one attached hydrogen (secondary N) is 3. The third kappa shape index (κ3) is 4.00. The number of carbonyl (C=O) groups excluding carboxylic acids is 1. The van der Waals surface area contributed by atoms with Crippen LogP contribution in [0.2, 0.25) is 0 Å². The molecule has 0 aliphatic rings. The van der Waals surface area contributed by atoms with Gasteiger partial charge in [0.05, 0.1) is 26.9 Å². The van der Waals surface area contributed by atoms with Crippen molar-refractivity contribution >= 4 is 12.1 Å². The largest absolute Gasteiger partial charge is 0.497 e. The van der Waals surface area contributed by atoms with Gasteiger partial charge in [-0.15, -0.1) is 0 Å². The lowest BCUT2D eigenvalue weighted by Gasteiger charge is -2.06. The summed E-state index contributed by atoms with van der Waals surface area (Å²) in [6.07, 6.45) is 1.39. The van der Waals surface area contributed by atoms with Crippen LogP contribution in [-0.4, -0.2) is 36.5 Å². The van der Waals surface area contributed by atoms with Gasteiger partial charge >= 0.3 is 0 Å². The Morgan fingerprint density at radius 2 is 2.09 bits per heavy atom. The zero-order chi connectivity index (χ0) is 16.8. The van der Waals surface area contributed by atoms with Crippen molar-refractivity contribution in [3.05, 3.63) is 45.4 Å². The molecule has 0 aliphatic heterocycles. The third-order valence-corrected chi connectivity index (χ3v) is 3.26. The Hall–Kier alpha value is -3.03. The molecule has 1 aromatic heterocycles. The Morgan fingerprint density at radius 3 is 2.70 bits per heavy atom. The Bertz CT molecular complexity index is 776. The molecule has 1 heterocycles. The average molecular weight is 318 g/mol. The molecule has 3 N–H and O–H groups in total. The molecule has 0 fully saturated rings. The fraction of sp³-hybridized carbons (Fsp3) is 0.267. The summed E-state index contributed by atoms with van der Waals surface area (Å²) in [7, 11) is 3.10. The normalized spacial score (nSPS) is 10.7. The number of aromatic amines is 2. The van der Waals surface area contributed by atoms with Crippen molar-refractivity contribution in [1.82, 2.24) is 15.6 Å². The van der Waals surface area contributed by atoms with Gasteiger partial charge in [0, 0.05) is 16.8 Å². The SMILES string of the molecule is COc1ccc(OC)c(C=NNC(=O)Cc2c(C)[nH][nH]c2=O)c1. The van der Waals surface area contributed by atoms with Gasteiger partial charge in [-0.1, -0.05) is 0 Å². The molecule has 2 rings (SSSR count). The molecule has 1 aromatic carbocycles. The van der Waals surface area contributed by atoms with E-state index < -0.39 is 5.91 Å². The predicted molar refractivity (Wildman–Crippen MR) is 85.1 cm³/mol. The Balaban J connectivity index is 2.04. The molecule has 8 nitrogen and oxygen atoms in total. The number of aryl methyl sites for hydroxylation is 1. The van der Waals surface area contributed by atoms with Gasteiger partial charge in [-0.3, -0.25) is 14.7 Å². The van der Waals surface area contributed by atoms with E-state index in [1.54, 1.807) is 39.3 Å². The molecule has 1 amide bonds. The van der Waals surface area contributed by atoms with Crippen LogP contribution in [-0.2, 0) is 11.2 Å². The van der Waals surface area contributed by atoms with Crippen molar-refractivity contribution in [3.63, 3.8) is 0 Å². The second-order valence-electron chi connectivity index (χ2n) is 4.76. The van der Waals surface area contributed by atoms with Crippen molar-refractivity contribution in [2.24, 2.45) is 5.10 Å². The van der Waals surface area contributed by atoms with E-state index in [2.05, 4.69) is 20.7 Å². The number of benzene rings is 1. The van der Waals surface area contributed by atoms with Gasteiger partial charge in [-0.2, -0.15) is 5.10 Å². The van der Waals surface area contributed by atoms with E-state index in [0.29, 0.717) is 28.3 Å². The van der Waals surface area contributed by atoms with Crippen molar-refractivity contribution in [2.45, 2.75) is 13.3 Å². The first kappa shape index (κ1) is 16.3. The first-order valence-electron chi connectivity index (χ1n) is 6.85. The maximum absolute atomic E-state index is 11.8. The summed E-state index contributed by atoms with van der Waals surface area (Å²) in [4.78, 5) is 23.3. The zero-order valence-electron chi connectivity index (χ0n) is 13.1. The van der Waals surface area contributed by atoms with E-state index in [-0.39, 0.29) is 12.0 Å². The number of hydrazone groups is 1. The highest BCUT2D eigenvalue weighted by Gasteiger charge is 2.10. The maximum atomic E-state index is 11.8. The standard InChI is InChI=1S/C15H18N4O4/c1-9-12(15(21)19-17-9)7-14(20)18-16-8-10-6-11(22-2)4-5-13(10)23-3/h4-6,8H,7H2,1-3H3,(H,18,20)(H2,17,19,21). The fourth-order valence-electron chi connectivity index (χ4n) is 2.00. The Labute approximate surface area is 132 Å². The zero-order valence-corrected chi connectivity index (χ0v) is 13.1. The minimum absolute atomic E-state index is 0.0583. The van der Waals surface area contributed by atoms with E-state index in [0.717, 1.165) is 0 Å². The van der Waals surface area contributed by atoms with Crippen LogP contribution in [0.15, 0.2) is 28.1 Å². The second kappa shape index (κ2) is 7.30. The van der Waals surface area contributed by atoms with Gasteiger partial charge in [-0.25, -0.2) is 5.43 Å². The van der Waals surface area contributed by atoms with E-state index in [4.69, 9.17) is 9.47 Å². The summed E-state index contributed by atoms with van der Waals surface area (Å²) in [5.41, 5.74) is 3.74. The number of hydrogen-bond donors (Lipinski definition) is 3. The van der Waals surface area contributed by atoms with Crippen molar-refractivity contribution in [3.8, 4) is 11.5 Å². The highest BCUT2D eigenvalue weighted by atomic mass is 16.5. The summed E-state index contributed by atoms with van der Waals surface area (Å²) >= 11 is 0. The topological polar surface area (TPSA) is 109 Å². The number of amides is 1. The maximum Gasteiger partial charge on any atom is 0.267 e. The van der Waals surface area contributed by atoms with Crippen LogP contribution in [0.5, 0.6) is 11.5 Å². The van der Waals surface area contributed by atoms with Gasteiger partial charge < -0.3 is 14.6 Å². The number of rotatable bonds is 6. The fourth-order valence-corrected chi connectivity index (χ4v) is 2.00. The molecule has 8 heteroatoms. The van der Waals surface area contributed by atoms with Crippen LogP contribution in [0.25, 0.3) is 0 Å². The summed E-state index contributed by atoms with van der Waals surface area (Å²) in [5.74, 6) is 0.853. The number of methoxy groups -OCH3 is 2. The number of H-pyrrole nitrogens is 2. The van der Waals surface area contributed by atoms with E-state index >= 15 is 0 Å². The molecule has 0 saturated heterocycles. The van der Waals surface area contributed by atoms with Crippen LogP contribution >= 0.6 is 0 Å². The Morgan fingerprint density at radius 1 is 1.30 bits per heavy atom. The molecule has 0 bridgehead atoms. The minimum atomic E-state index is -0.392. The van der Waals surface area contributed by atoms with Gasteiger partial charge in [-0.05, 0) is 25.1 Å². The lowest BCUT2D eigenvalue weighted by Crippen LogP contribution is -2.23. The summed E-state index contributed by atoms with van der Waals surface area (Å²) in [6, 6.07) is 5.23. The molecule has 23 heavy (non-hydrogen) atoms. The van der Waals surface area contributed by atoms with Gasteiger partial charge in [0.2, 0.25) is 5.91 Å². The predicted octanol–water partition coefficient (Wildman–Crippen LogP) is 0.721. The van der Waals surface area contributed by atoms with Crippen LogP contribution in [0, 0.1) is 6.92 Å². The Kier molecular flexibility index (Phi) is 5.19. The summed E-state index contributed by atoms with van der Waals surface area (Å²) < 4.78 is 10.3. The van der Waals surface area contributed by atoms with Crippen LogP contribution in [0.1, 0.15) is 16.8 Å². The van der Waals surface area contributed by atoms with E-state index in [1.807, 2.05) is 0 Å². The average Bonchev–Trinajstić information content (AvgIpc) is 2.86. The third-order valence-electron chi connectivity index (χ3n) is 3.26. The monoisotopic (exact) mass is 318 g/mol. The van der Waals surface area contributed by atoms with Crippen molar-refractivity contribution < 1.29 is 14.3 Å². The summed E-state index contributed by atoms with van der Waals surface area (Å²) in [6.45, 7) is 1.71. The minimum Gasteiger partial charge on any atom is -0.497 e. The molecule has 122 valence electrons. The van der Waals surface area contributed by atoms with Gasteiger partial charge in [0.15, 0.2) is 0 Å². The smallest absolute Gasteiger partial charge is 0.267 e. The van der Waals surface area contributed by atoms with Gasteiger partial charge in [0.1, 0.15) is 11.5 Å². The molecule has 2 aromatic rings. The lowest BCUT2D eigenvalue weighted by molar-refractivity contribution is -0.120. The number of carbonyl (C=O) groups is 1. The molecule has 0 spiro atoms. The molecule has 0 unspecified atom stereocenters. The first-order chi connectivity index (χ1) is 11.0. The van der Waals surface area contributed by atoms with E-state index in [1.165, 1.54) is 6.21 Å². The molecular weight excluding hydrogens is 300 g/mol. The molecule has 0 radical (unpaired) electrons. The van der Waals surface area contributed by atoms with Crippen molar-refractivity contribution in [1.29, 1.82) is 0 Å². The lowest BCUT2D eigenvalue weighted by atomic mass is 10.2.